The van der Waals surface area contributed by atoms with Gasteiger partial charge in [0.25, 0.3) is 11.8 Å². The van der Waals surface area contributed by atoms with Gasteiger partial charge in [-0.2, -0.15) is 0 Å². The van der Waals surface area contributed by atoms with Gasteiger partial charge in [0.05, 0.1) is 25.5 Å². The molecule has 0 saturated heterocycles. The van der Waals surface area contributed by atoms with E-state index in [1.54, 1.807) is 25.3 Å². The molecule has 0 atom stereocenters. The normalized spacial score (nSPS) is 13.7. The van der Waals surface area contributed by atoms with E-state index in [1.807, 2.05) is 59.7 Å². The van der Waals surface area contributed by atoms with Crippen molar-refractivity contribution in [2.75, 3.05) is 25.7 Å². The van der Waals surface area contributed by atoms with Crippen LogP contribution >= 0.6 is 11.3 Å². The van der Waals surface area contributed by atoms with Gasteiger partial charge in [0, 0.05) is 24.0 Å². The van der Waals surface area contributed by atoms with Gasteiger partial charge >= 0.3 is 0 Å². The highest BCUT2D eigenvalue weighted by molar-refractivity contribution is 7.11. The molecule has 0 aliphatic carbocycles. The molecule has 32 heavy (non-hydrogen) atoms. The van der Waals surface area contributed by atoms with Crippen LogP contribution < -0.4 is 14.4 Å². The number of ether oxygens (including phenoxy) is 2. The summed E-state index contributed by atoms with van der Waals surface area (Å²) in [5.74, 6) is 0.211. The van der Waals surface area contributed by atoms with Gasteiger partial charge in [-0.15, -0.1) is 11.3 Å². The Bertz CT molecular complexity index is 1160. The van der Waals surface area contributed by atoms with Crippen molar-refractivity contribution in [1.29, 1.82) is 0 Å². The quantitative estimate of drug-likeness (QED) is 0.473. The Hall–Kier alpha value is -3.58. The first kappa shape index (κ1) is 21.6. The van der Waals surface area contributed by atoms with Gasteiger partial charge in [-0.3, -0.25) is 9.59 Å². The number of benzene rings is 2. The molecule has 1 aliphatic rings. The number of imide groups is 1. The van der Waals surface area contributed by atoms with Gasteiger partial charge in [0.15, 0.2) is 0 Å². The van der Waals surface area contributed by atoms with E-state index in [0.717, 1.165) is 10.4 Å². The van der Waals surface area contributed by atoms with Crippen LogP contribution in [-0.2, 0) is 16.1 Å². The lowest BCUT2D eigenvalue weighted by molar-refractivity contribution is -0.120. The van der Waals surface area contributed by atoms with Crippen molar-refractivity contribution >= 4 is 34.4 Å². The number of thiophene rings is 1. The molecule has 0 fully saturated rings. The predicted octanol–water partition coefficient (Wildman–Crippen LogP) is 4.57. The highest BCUT2D eigenvalue weighted by atomic mass is 32.1. The molecule has 2 heterocycles. The molecule has 0 spiro atoms. The van der Waals surface area contributed by atoms with Crippen LogP contribution in [0.15, 0.2) is 71.7 Å². The van der Waals surface area contributed by atoms with Crippen LogP contribution in [0, 0.1) is 0 Å². The maximum absolute atomic E-state index is 13.8. The van der Waals surface area contributed by atoms with Crippen molar-refractivity contribution in [1.82, 2.24) is 4.90 Å². The lowest BCUT2D eigenvalue weighted by atomic mass is 10.1. The largest absolute Gasteiger partial charge is 0.497 e. The summed E-state index contributed by atoms with van der Waals surface area (Å²) in [5, 5.41) is 1.90. The molecule has 2 aromatic carbocycles. The zero-order valence-electron chi connectivity index (χ0n) is 18.2. The molecule has 0 radical (unpaired) electrons. The van der Waals surface area contributed by atoms with Crippen molar-refractivity contribution in [3.63, 3.8) is 0 Å². The maximum atomic E-state index is 13.8. The van der Waals surface area contributed by atoms with Gasteiger partial charge in [0.1, 0.15) is 17.2 Å². The van der Waals surface area contributed by atoms with Gasteiger partial charge < -0.3 is 14.4 Å². The number of likely N-dealkylation sites (N-methyl/N-ethyl adjacent to an activating group) is 1. The first-order chi connectivity index (χ1) is 15.6. The molecule has 4 rings (SSSR count). The second kappa shape index (κ2) is 9.28. The number of rotatable bonds is 8. The molecule has 0 unspecified atom stereocenters. The number of nitrogens with zero attached hydrogens (tertiary/aromatic N) is 2. The molecule has 2 amide bonds. The van der Waals surface area contributed by atoms with Gasteiger partial charge in [-0.05, 0) is 36.1 Å². The van der Waals surface area contributed by atoms with Crippen molar-refractivity contribution in [3.05, 3.63) is 82.2 Å². The third-order valence-corrected chi connectivity index (χ3v) is 6.26. The van der Waals surface area contributed by atoms with Crippen LogP contribution in [0.1, 0.15) is 17.4 Å². The average Bonchev–Trinajstić information content (AvgIpc) is 3.43. The molecule has 0 N–H and O–H groups in total. The topological polar surface area (TPSA) is 59.1 Å². The molecule has 1 aliphatic heterocycles. The third kappa shape index (κ3) is 3.87. The summed E-state index contributed by atoms with van der Waals surface area (Å²) in [4.78, 5) is 31.4. The fourth-order valence-corrected chi connectivity index (χ4v) is 4.56. The van der Waals surface area contributed by atoms with E-state index in [1.165, 1.54) is 23.3 Å². The van der Waals surface area contributed by atoms with Crippen molar-refractivity contribution in [2.45, 2.75) is 13.5 Å². The van der Waals surface area contributed by atoms with Crippen LogP contribution in [0.4, 0.5) is 5.69 Å². The Balaban J connectivity index is 1.83. The van der Waals surface area contributed by atoms with E-state index in [9.17, 15) is 9.59 Å². The van der Waals surface area contributed by atoms with E-state index >= 15 is 0 Å². The minimum atomic E-state index is -0.372. The number of anilines is 1. The fraction of sp³-hybridized carbons (Fsp3) is 0.200. The molecule has 1 aromatic heterocycles. The molecule has 0 saturated carbocycles. The monoisotopic (exact) mass is 448 g/mol. The Labute approximate surface area is 191 Å². The van der Waals surface area contributed by atoms with Crippen LogP contribution in [0.3, 0.4) is 0 Å². The summed E-state index contributed by atoms with van der Waals surface area (Å²) in [6, 6.07) is 18.7. The van der Waals surface area contributed by atoms with Crippen molar-refractivity contribution in [2.24, 2.45) is 0 Å². The minimum Gasteiger partial charge on any atom is -0.497 e. The molecule has 0 bridgehead atoms. The lowest BCUT2D eigenvalue weighted by Gasteiger charge is -2.25. The predicted molar refractivity (Wildman–Crippen MR) is 126 cm³/mol. The van der Waals surface area contributed by atoms with Gasteiger partial charge in [-0.25, -0.2) is 4.90 Å². The highest BCUT2D eigenvalue weighted by Gasteiger charge is 2.43. The minimum absolute atomic E-state index is 0.363. The Morgan fingerprint density at radius 2 is 1.72 bits per heavy atom. The molecule has 6 nitrogen and oxygen atoms in total. The summed E-state index contributed by atoms with van der Waals surface area (Å²) in [5.41, 5.74) is 2.23. The van der Waals surface area contributed by atoms with Crippen molar-refractivity contribution < 1.29 is 19.1 Å². The number of amides is 2. The summed E-state index contributed by atoms with van der Waals surface area (Å²) < 4.78 is 10.8. The smallest absolute Gasteiger partial charge is 0.282 e. The number of carbonyl (C=O) groups is 2. The first-order valence-electron chi connectivity index (χ1n) is 10.3. The molecule has 164 valence electrons. The highest BCUT2D eigenvalue weighted by Crippen LogP contribution is 2.41. The fourth-order valence-electron chi connectivity index (χ4n) is 3.80. The van der Waals surface area contributed by atoms with Crippen LogP contribution in [-0.4, -0.2) is 37.5 Å². The molecular formula is C25H24N2O4S. The summed E-state index contributed by atoms with van der Waals surface area (Å²) >= 11 is 1.44. The molecule has 7 heteroatoms. The average molecular weight is 449 g/mol. The number of carbonyl (C=O) groups excluding carboxylic acids is 2. The Kier molecular flexibility index (Phi) is 6.28. The van der Waals surface area contributed by atoms with Gasteiger partial charge in [0.2, 0.25) is 0 Å². The summed E-state index contributed by atoms with van der Waals surface area (Å²) in [6.07, 6.45) is 0. The first-order valence-corrected chi connectivity index (χ1v) is 11.1. The number of hydrogen-bond donors (Lipinski definition) is 0. The van der Waals surface area contributed by atoms with Crippen LogP contribution in [0.25, 0.3) is 5.57 Å². The van der Waals surface area contributed by atoms with E-state index in [2.05, 4.69) is 0 Å². The summed E-state index contributed by atoms with van der Waals surface area (Å²) in [6.45, 7) is 3.07. The standard InChI is InChI=1S/C25H24N2O4S/c1-4-26(16-17-9-6-5-7-10-17)23-22(21-11-8-14-32-21)24(28)27(25(23)29)19-15-18(30-2)12-13-20(19)31-3/h5-15H,4,16H2,1-3H3. The SMILES string of the molecule is CCN(Cc1ccccc1)C1=C(c2cccs2)C(=O)N(c2cc(OC)ccc2OC)C1=O. The van der Waals surface area contributed by atoms with E-state index < -0.39 is 0 Å². The van der Waals surface area contributed by atoms with Crippen molar-refractivity contribution in [3.8, 4) is 11.5 Å². The second-order valence-corrected chi connectivity index (χ2v) is 8.13. The Morgan fingerprint density at radius 1 is 0.938 bits per heavy atom. The Morgan fingerprint density at radius 3 is 2.34 bits per heavy atom. The number of methoxy groups -OCH3 is 2. The van der Waals surface area contributed by atoms with Crippen LogP contribution in [0.5, 0.6) is 11.5 Å². The second-order valence-electron chi connectivity index (χ2n) is 7.18. The molecule has 3 aromatic rings. The zero-order valence-corrected chi connectivity index (χ0v) is 19.0. The third-order valence-electron chi connectivity index (χ3n) is 5.37. The van der Waals surface area contributed by atoms with E-state index in [-0.39, 0.29) is 11.8 Å². The van der Waals surface area contributed by atoms with E-state index in [0.29, 0.717) is 41.5 Å². The van der Waals surface area contributed by atoms with Crippen LogP contribution in [0.2, 0.25) is 0 Å². The maximum Gasteiger partial charge on any atom is 0.282 e. The summed E-state index contributed by atoms with van der Waals surface area (Å²) in [7, 11) is 3.05. The van der Waals surface area contributed by atoms with E-state index in [4.69, 9.17) is 9.47 Å². The lowest BCUT2D eigenvalue weighted by Crippen LogP contribution is -2.35. The van der Waals surface area contributed by atoms with Gasteiger partial charge in [-0.1, -0.05) is 36.4 Å². The zero-order chi connectivity index (χ0) is 22.7. The number of hydrogen-bond acceptors (Lipinski definition) is 6. The molecular weight excluding hydrogens is 424 g/mol.